The summed E-state index contributed by atoms with van der Waals surface area (Å²) >= 11 is 0. The second-order valence-electron chi connectivity index (χ2n) is 6.48. The zero-order chi connectivity index (χ0) is 19.5. The maximum Gasteiger partial charge on any atom is 0.168 e. The first-order chi connectivity index (χ1) is 13.8. The van der Waals surface area contributed by atoms with Crippen molar-refractivity contribution in [2.45, 2.75) is 20.8 Å². The lowest BCUT2D eigenvalue weighted by atomic mass is 9.96. The molecular formula is C25H23N3. The molecule has 5 aromatic rings. The molecule has 3 heteroatoms. The summed E-state index contributed by atoms with van der Waals surface area (Å²) in [7, 11) is 0. The first kappa shape index (κ1) is 17.9. The molecule has 0 aliphatic heterocycles. The molecule has 0 bridgehead atoms. The summed E-state index contributed by atoms with van der Waals surface area (Å²) in [5.41, 5.74) is 5.62. The minimum Gasteiger partial charge on any atom is -0.282 e. The van der Waals surface area contributed by atoms with Crippen LogP contribution in [0.2, 0.25) is 0 Å². The summed E-state index contributed by atoms with van der Waals surface area (Å²) in [6.45, 7) is 6.14. The lowest BCUT2D eigenvalue weighted by Gasteiger charge is -2.11. The highest BCUT2D eigenvalue weighted by molar-refractivity contribution is 5.95. The zero-order valence-corrected chi connectivity index (χ0v) is 16.4. The number of hydrogen-bond acceptors (Lipinski definition) is 2. The number of rotatable bonds is 2. The van der Waals surface area contributed by atoms with Crippen LogP contribution in [0.4, 0.5) is 0 Å². The quantitative estimate of drug-likeness (QED) is 0.355. The molecule has 3 nitrogen and oxygen atoms in total. The third-order valence-corrected chi connectivity index (χ3v) is 4.90. The van der Waals surface area contributed by atoms with Gasteiger partial charge in [0.1, 0.15) is 0 Å². The number of pyridine rings is 1. The van der Waals surface area contributed by atoms with Gasteiger partial charge in [-0.1, -0.05) is 86.6 Å². The van der Waals surface area contributed by atoms with Crippen LogP contribution in [0.15, 0.2) is 85.1 Å². The highest BCUT2D eigenvalue weighted by atomic mass is 15.2. The fourth-order valence-corrected chi connectivity index (χ4v) is 3.59. The van der Waals surface area contributed by atoms with Crippen LogP contribution >= 0.6 is 0 Å². The molecule has 2 aromatic heterocycles. The van der Waals surface area contributed by atoms with Gasteiger partial charge in [-0.15, -0.1) is 10.2 Å². The van der Waals surface area contributed by atoms with Gasteiger partial charge >= 0.3 is 0 Å². The molecule has 0 aliphatic rings. The van der Waals surface area contributed by atoms with E-state index in [1.807, 2.05) is 26.0 Å². The van der Waals surface area contributed by atoms with E-state index in [1.165, 1.54) is 22.1 Å². The van der Waals surface area contributed by atoms with Crippen molar-refractivity contribution in [3.8, 4) is 22.5 Å². The van der Waals surface area contributed by atoms with Crippen molar-refractivity contribution >= 4 is 16.4 Å². The Labute approximate surface area is 165 Å². The Kier molecular flexibility index (Phi) is 4.90. The number of benzene rings is 3. The minimum atomic E-state index is 0.865. The van der Waals surface area contributed by atoms with Gasteiger partial charge in [-0.3, -0.25) is 4.40 Å². The summed E-state index contributed by atoms with van der Waals surface area (Å²) in [5, 5.41) is 11.3. The third kappa shape index (κ3) is 2.95. The summed E-state index contributed by atoms with van der Waals surface area (Å²) in [5.74, 6) is 0.865. The average Bonchev–Trinajstić information content (AvgIpc) is 3.20. The van der Waals surface area contributed by atoms with Gasteiger partial charge in [-0.05, 0) is 35.1 Å². The van der Waals surface area contributed by atoms with Crippen LogP contribution in [0.25, 0.3) is 38.9 Å². The van der Waals surface area contributed by atoms with E-state index in [0.717, 1.165) is 22.4 Å². The molecule has 0 saturated heterocycles. The Morgan fingerprint density at radius 2 is 1.29 bits per heavy atom. The first-order valence-corrected chi connectivity index (χ1v) is 9.71. The Morgan fingerprint density at radius 3 is 2.07 bits per heavy atom. The molecular weight excluding hydrogens is 342 g/mol. The van der Waals surface area contributed by atoms with E-state index in [0.29, 0.717) is 0 Å². The molecule has 0 spiro atoms. The van der Waals surface area contributed by atoms with Crippen molar-refractivity contribution in [3.05, 3.63) is 90.6 Å². The molecule has 0 atom stereocenters. The maximum atomic E-state index is 4.54. The zero-order valence-electron chi connectivity index (χ0n) is 16.4. The van der Waals surface area contributed by atoms with E-state index in [-0.39, 0.29) is 0 Å². The SMILES string of the molecule is CC.Cc1ccccc1-c1ccccc1-c1nnc2c3ccccc3ccn12. The molecule has 138 valence electrons. The van der Waals surface area contributed by atoms with Gasteiger partial charge in [0.05, 0.1) is 0 Å². The molecule has 0 amide bonds. The third-order valence-electron chi connectivity index (χ3n) is 4.90. The number of aromatic nitrogens is 3. The normalized spacial score (nSPS) is 10.7. The monoisotopic (exact) mass is 365 g/mol. The van der Waals surface area contributed by atoms with Gasteiger partial charge in [-0.2, -0.15) is 0 Å². The van der Waals surface area contributed by atoms with Crippen LogP contribution in [0.5, 0.6) is 0 Å². The summed E-state index contributed by atoms with van der Waals surface area (Å²) < 4.78 is 2.08. The first-order valence-electron chi connectivity index (χ1n) is 9.71. The molecule has 28 heavy (non-hydrogen) atoms. The molecule has 3 aromatic carbocycles. The second-order valence-corrected chi connectivity index (χ2v) is 6.48. The predicted octanol–water partition coefficient (Wildman–Crippen LogP) is 6.55. The molecule has 0 saturated carbocycles. The standard InChI is InChI=1S/C23H17N3.C2H6/c1-16-8-2-4-10-18(16)20-12-6-7-13-21(20)23-25-24-22-19-11-5-3-9-17(19)14-15-26(22)23;1-2/h2-15H,1H3;1-2H3. The maximum absolute atomic E-state index is 4.54. The Balaban J connectivity index is 0.000000932. The van der Waals surface area contributed by atoms with Crippen LogP contribution in [0.3, 0.4) is 0 Å². The molecule has 0 N–H and O–H groups in total. The topological polar surface area (TPSA) is 30.2 Å². The molecule has 5 rings (SSSR count). The van der Waals surface area contributed by atoms with E-state index < -0.39 is 0 Å². The molecule has 0 aliphatic carbocycles. The van der Waals surface area contributed by atoms with Crippen LogP contribution in [-0.2, 0) is 0 Å². The number of nitrogens with zero attached hydrogens (tertiary/aromatic N) is 3. The van der Waals surface area contributed by atoms with E-state index in [9.17, 15) is 0 Å². The Bertz CT molecular complexity index is 1250. The highest BCUT2D eigenvalue weighted by Crippen LogP contribution is 2.33. The van der Waals surface area contributed by atoms with Crippen molar-refractivity contribution in [2.75, 3.05) is 0 Å². The van der Waals surface area contributed by atoms with Crippen molar-refractivity contribution in [1.82, 2.24) is 14.6 Å². The number of hydrogen-bond donors (Lipinski definition) is 0. The lowest BCUT2D eigenvalue weighted by molar-refractivity contribution is 1.11. The van der Waals surface area contributed by atoms with Gasteiger partial charge in [0.2, 0.25) is 0 Å². The molecule has 0 unspecified atom stereocenters. The van der Waals surface area contributed by atoms with Crippen LogP contribution in [0, 0.1) is 6.92 Å². The van der Waals surface area contributed by atoms with Crippen molar-refractivity contribution in [3.63, 3.8) is 0 Å². The van der Waals surface area contributed by atoms with Crippen molar-refractivity contribution < 1.29 is 0 Å². The molecule has 0 fully saturated rings. The van der Waals surface area contributed by atoms with Gasteiger partial charge in [0.15, 0.2) is 11.5 Å². The predicted molar refractivity (Wildman–Crippen MR) is 117 cm³/mol. The summed E-state index contributed by atoms with van der Waals surface area (Å²) in [4.78, 5) is 0. The summed E-state index contributed by atoms with van der Waals surface area (Å²) in [6, 6.07) is 27.2. The number of aryl methyl sites for hydroxylation is 1. The van der Waals surface area contributed by atoms with E-state index in [4.69, 9.17) is 0 Å². The minimum absolute atomic E-state index is 0.865. The van der Waals surface area contributed by atoms with Gasteiger partial charge < -0.3 is 0 Å². The van der Waals surface area contributed by atoms with Crippen LogP contribution in [-0.4, -0.2) is 14.6 Å². The fraction of sp³-hybridized carbons (Fsp3) is 0.120. The lowest BCUT2D eigenvalue weighted by Crippen LogP contribution is -1.93. The Hall–Kier alpha value is -3.46. The molecule has 2 heterocycles. The van der Waals surface area contributed by atoms with Gasteiger partial charge in [0.25, 0.3) is 0 Å². The second kappa shape index (κ2) is 7.65. The van der Waals surface area contributed by atoms with Crippen LogP contribution < -0.4 is 0 Å². The highest BCUT2D eigenvalue weighted by Gasteiger charge is 2.15. The van der Waals surface area contributed by atoms with Crippen LogP contribution in [0.1, 0.15) is 19.4 Å². The van der Waals surface area contributed by atoms with E-state index in [2.05, 4.69) is 94.4 Å². The number of fused-ring (bicyclic) bond motifs is 3. The summed E-state index contributed by atoms with van der Waals surface area (Å²) in [6.07, 6.45) is 2.06. The Morgan fingerprint density at radius 1 is 0.643 bits per heavy atom. The molecule has 0 radical (unpaired) electrons. The van der Waals surface area contributed by atoms with Crippen molar-refractivity contribution in [2.24, 2.45) is 0 Å². The van der Waals surface area contributed by atoms with E-state index in [1.54, 1.807) is 0 Å². The fourth-order valence-electron chi connectivity index (χ4n) is 3.59. The average molecular weight is 365 g/mol. The van der Waals surface area contributed by atoms with Gasteiger partial charge in [-0.25, -0.2) is 0 Å². The smallest absolute Gasteiger partial charge is 0.168 e. The van der Waals surface area contributed by atoms with Crippen molar-refractivity contribution in [1.29, 1.82) is 0 Å². The van der Waals surface area contributed by atoms with E-state index >= 15 is 0 Å². The van der Waals surface area contributed by atoms with Gasteiger partial charge in [0, 0.05) is 17.1 Å². The largest absolute Gasteiger partial charge is 0.282 e.